The Kier molecular flexibility index (Phi) is 9.12. The molecule has 2 aromatic rings. The number of alkyl carbamates (subject to hydrolysis) is 1. The molecule has 6 atom stereocenters. The number of sulfonamides is 1. The van der Waals surface area contributed by atoms with Crippen LogP contribution >= 0.6 is 0 Å². The van der Waals surface area contributed by atoms with Gasteiger partial charge in [0.1, 0.15) is 11.9 Å². The maximum absolute atomic E-state index is 13.8. The summed E-state index contributed by atoms with van der Waals surface area (Å²) in [6.07, 6.45) is 0.0659. The van der Waals surface area contributed by atoms with Gasteiger partial charge in [-0.05, 0) is 61.9 Å². The second-order valence-electron chi connectivity index (χ2n) is 10.8. The van der Waals surface area contributed by atoms with Gasteiger partial charge in [0.15, 0.2) is 0 Å². The average Bonchev–Trinajstić information content (AvgIpc) is 3.71. The van der Waals surface area contributed by atoms with Crippen molar-refractivity contribution in [1.29, 1.82) is 0 Å². The fraction of sp³-hybridized carbons (Fsp3) is 0.517. The lowest BCUT2D eigenvalue weighted by atomic mass is 10.0. The number of fused-ring (bicyclic) bond motifs is 1. The summed E-state index contributed by atoms with van der Waals surface area (Å²) in [5, 5.41) is 17.0. The highest BCUT2D eigenvalue weighted by Gasteiger charge is 2.43. The summed E-state index contributed by atoms with van der Waals surface area (Å²) in [6.45, 7) is 0.293. The summed E-state index contributed by atoms with van der Waals surface area (Å²) < 4.78 is 45.4. The molecule has 2 aromatic carbocycles. The van der Waals surface area contributed by atoms with Crippen molar-refractivity contribution in [3.63, 3.8) is 0 Å². The average molecular weight is 588 g/mol. The van der Waals surface area contributed by atoms with Gasteiger partial charge in [0.2, 0.25) is 15.9 Å². The molecule has 2 amide bonds. The highest BCUT2D eigenvalue weighted by molar-refractivity contribution is 7.89. The van der Waals surface area contributed by atoms with Crippen LogP contribution in [0.3, 0.4) is 0 Å². The number of methoxy groups -OCH3 is 1. The van der Waals surface area contributed by atoms with Crippen LogP contribution in [0.2, 0.25) is 0 Å². The predicted octanol–water partition coefficient (Wildman–Crippen LogP) is 2.19. The molecule has 0 bridgehead atoms. The number of benzene rings is 2. The number of rotatable bonds is 11. The van der Waals surface area contributed by atoms with Gasteiger partial charge in [-0.2, -0.15) is 4.31 Å². The highest BCUT2D eigenvalue weighted by atomic mass is 32.2. The first-order valence-corrected chi connectivity index (χ1v) is 15.4. The van der Waals surface area contributed by atoms with E-state index in [4.69, 9.17) is 14.2 Å². The Labute approximate surface area is 240 Å². The molecule has 0 spiro atoms. The zero-order valence-corrected chi connectivity index (χ0v) is 23.8. The lowest BCUT2D eigenvalue weighted by Crippen LogP contribution is -2.55. The van der Waals surface area contributed by atoms with E-state index in [-0.39, 0.29) is 54.7 Å². The van der Waals surface area contributed by atoms with Crippen LogP contribution in [0.4, 0.5) is 4.79 Å². The Morgan fingerprint density at radius 3 is 2.56 bits per heavy atom. The van der Waals surface area contributed by atoms with Crippen molar-refractivity contribution >= 4 is 22.0 Å². The van der Waals surface area contributed by atoms with Gasteiger partial charge >= 0.3 is 6.09 Å². The number of amides is 2. The van der Waals surface area contributed by atoms with Gasteiger partial charge < -0.3 is 30.0 Å². The standard InChI is InChI=1S/C29H37N3O8S/c1-38-20-7-9-21(10-8-20)41(36,37)32(27-13-14-28(34)31-27)18-24(33)23(17-19-5-3-2-4-6-19)30-29(35)40-26-12-11-25-22(26)15-16-39-25/h2-10,22-27,33H,11-18H2,1H3,(H,30,35)(H,31,34)/t22-,23+,24-,25-,26?,27?/m1/s1. The lowest BCUT2D eigenvalue weighted by molar-refractivity contribution is -0.119. The molecule has 0 aromatic heterocycles. The molecule has 1 saturated carbocycles. The van der Waals surface area contributed by atoms with Crippen molar-refractivity contribution in [3.05, 3.63) is 60.2 Å². The molecule has 0 radical (unpaired) electrons. The second kappa shape index (κ2) is 12.8. The topological polar surface area (TPSA) is 144 Å². The Bertz CT molecular complexity index is 1310. The predicted molar refractivity (Wildman–Crippen MR) is 148 cm³/mol. The number of aliphatic hydroxyl groups excluding tert-OH is 1. The molecule has 3 fully saturated rings. The van der Waals surface area contributed by atoms with Crippen molar-refractivity contribution in [2.24, 2.45) is 5.92 Å². The Morgan fingerprint density at radius 2 is 1.88 bits per heavy atom. The second-order valence-corrected chi connectivity index (χ2v) is 12.7. The first-order chi connectivity index (χ1) is 19.7. The number of carbonyl (C=O) groups excluding carboxylic acids is 2. The number of ether oxygens (including phenoxy) is 3. The molecule has 5 rings (SSSR count). The molecule has 2 saturated heterocycles. The van der Waals surface area contributed by atoms with Gasteiger partial charge in [-0.15, -0.1) is 0 Å². The molecule has 2 unspecified atom stereocenters. The summed E-state index contributed by atoms with van der Waals surface area (Å²) >= 11 is 0. The molecular weight excluding hydrogens is 550 g/mol. The smallest absolute Gasteiger partial charge is 0.407 e. The van der Waals surface area contributed by atoms with E-state index in [0.29, 0.717) is 18.8 Å². The summed E-state index contributed by atoms with van der Waals surface area (Å²) in [7, 11) is -2.66. The van der Waals surface area contributed by atoms with E-state index in [9.17, 15) is 23.1 Å². The van der Waals surface area contributed by atoms with E-state index in [0.717, 1.165) is 22.7 Å². The summed E-state index contributed by atoms with van der Waals surface area (Å²) in [4.78, 5) is 25.1. The molecule has 3 N–H and O–H groups in total. The monoisotopic (exact) mass is 587 g/mol. The molecule has 12 heteroatoms. The van der Waals surface area contributed by atoms with Crippen LogP contribution in [-0.4, -0.2) is 80.6 Å². The third-order valence-corrected chi connectivity index (χ3v) is 10.0. The third-order valence-electron chi connectivity index (χ3n) is 8.15. The number of carbonyl (C=O) groups is 2. The van der Waals surface area contributed by atoms with E-state index in [1.165, 1.54) is 31.4 Å². The van der Waals surface area contributed by atoms with Crippen LogP contribution in [0.15, 0.2) is 59.5 Å². The molecule has 11 nitrogen and oxygen atoms in total. The molecular formula is C29H37N3O8S. The number of nitrogens with zero attached hydrogens (tertiary/aromatic N) is 1. The van der Waals surface area contributed by atoms with Gasteiger partial charge in [-0.3, -0.25) is 4.79 Å². The first kappa shape index (κ1) is 29.3. The van der Waals surface area contributed by atoms with Crippen LogP contribution in [-0.2, 0) is 30.7 Å². The minimum Gasteiger partial charge on any atom is -0.497 e. The Hall–Kier alpha value is -3.19. The number of hydrogen-bond donors (Lipinski definition) is 3. The van der Waals surface area contributed by atoms with E-state index in [1.54, 1.807) is 0 Å². The summed E-state index contributed by atoms with van der Waals surface area (Å²) in [5.41, 5.74) is 0.848. The third kappa shape index (κ3) is 6.83. The molecule has 3 aliphatic rings. The quantitative estimate of drug-likeness (QED) is 0.363. The first-order valence-electron chi connectivity index (χ1n) is 14.0. The van der Waals surface area contributed by atoms with Crippen molar-refractivity contribution in [1.82, 2.24) is 14.9 Å². The van der Waals surface area contributed by atoms with Crippen LogP contribution < -0.4 is 15.4 Å². The fourth-order valence-corrected chi connectivity index (χ4v) is 7.55. The van der Waals surface area contributed by atoms with E-state index in [2.05, 4.69) is 10.6 Å². The minimum atomic E-state index is -4.15. The van der Waals surface area contributed by atoms with Crippen LogP contribution in [0, 0.1) is 5.92 Å². The fourth-order valence-electron chi connectivity index (χ4n) is 5.95. The van der Waals surface area contributed by atoms with Gasteiger partial charge in [-0.1, -0.05) is 30.3 Å². The number of aliphatic hydroxyl groups is 1. The van der Waals surface area contributed by atoms with Gasteiger partial charge in [0, 0.05) is 25.5 Å². The normalized spacial score (nSPS) is 25.4. The van der Waals surface area contributed by atoms with E-state index < -0.39 is 34.4 Å². The van der Waals surface area contributed by atoms with E-state index >= 15 is 0 Å². The highest BCUT2D eigenvalue weighted by Crippen LogP contribution is 2.38. The van der Waals surface area contributed by atoms with E-state index in [1.807, 2.05) is 30.3 Å². The molecule has 222 valence electrons. The van der Waals surface area contributed by atoms with Gasteiger partial charge in [0.05, 0.1) is 36.4 Å². The Balaban J connectivity index is 1.36. The molecule has 2 aliphatic heterocycles. The number of nitrogens with one attached hydrogen (secondary N) is 2. The maximum atomic E-state index is 13.8. The SMILES string of the molecule is COc1ccc(S(=O)(=O)N(C[C@@H](O)[C@H](Cc2ccccc2)NC(=O)OC2CC[C@H]3OCC[C@@H]23)C2CCC(=O)N2)cc1. The van der Waals surface area contributed by atoms with Crippen LogP contribution in [0.1, 0.15) is 37.7 Å². The molecule has 2 heterocycles. The van der Waals surface area contributed by atoms with Crippen LogP contribution in [0.5, 0.6) is 5.75 Å². The van der Waals surface area contributed by atoms with Crippen molar-refractivity contribution in [2.75, 3.05) is 20.3 Å². The largest absolute Gasteiger partial charge is 0.497 e. The van der Waals surface area contributed by atoms with Gasteiger partial charge in [0.25, 0.3) is 0 Å². The summed E-state index contributed by atoms with van der Waals surface area (Å²) in [6, 6.07) is 14.3. The van der Waals surface area contributed by atoms with Crippen molar-refractivity contribution in [2.45, 2.75) is 73.9 Å². The van der Waals surface area contributed by atoms with Gasteiger partial charge in [-0.25, -0.2) is 13.2 Å². The minimum absolute atomic E-state index is 0.00630. The number of hydrogen-bond acceptors (Lipinski definition) is 8. The summed E-state index contributed by atoms with van der Waals surface area (Å²) in [5.74, 6) is 0.384. The molecule has 1 aliphatic carbocycles. The maximum Gasteiger partial charge on any atom is 0.407 e. The zero-order valence-electron chi connectivity index (χ0n) is 23.0. The molecule has 41 heavy (non-hydrogen) atoms. The van der Waals surface area contributed by atoms with Crippen molar-refractivity contribution < 1.29 is 37.3 Å². The van der Waals surface area contributed by atoms with Crippen molar-refractivity contribution in [3.8, 4) is 5.75 Å². The Morgan fingerprint density at radius 1 is 1.12 bits per heavy atom. The van der Waals surface area contributed by atoms with Crippen LogP contribution in [0.25, 0.3) is 0 Å². The zero-order chi connectivity index (χ0) is 29.0. The lowest BCUT2D eigenvalue weighted by Gasteiger charge is -2.33.